The summed E-state index contributed by atoms with van der Waals surface area (Å²) in [7, 11) is 0. The van der Waals surface area contributed by atoms with Gasteiger partial charge in [-0.25, -0.2) is 0 Å². The summed E-state index contributed by atoms with van der Waals surface area (Å²) < 4.78 is 0. The summed E-state index contributed by atoms with van der Waals surface area (Å²) in [6, 6.07) is 17.2. The van der Waals surface area contributed by atoms with Gasteiger partial charge in [0.15, 0.2) is 0 Å². The molecule has 28 heavy (non-hydrogen) atoms. The van der Waals surface area contributed by atoms with E-state index in [4.69, 9.17) is 0 Å². The van der Waals surface area contributed by atoms with Crippen LogP contribution in [0.5, 0.6) is 0 Å². The Hall–Kier alpha value is -1.80. The second-order valence-corrected chi connectivity index (χ2v) is 8.85. The number of rotatable bonds is 0. The van der Waals surface area contributed by atoms with Crippen LogP contribution in [0.3, 0.4) is 0 Å². The molecule has 0 aromatic heterocycles. The van der Waals surface area contributed by atoms with Crippen LogP contribution >= 0.6 is 0 Å². The maximum absolute atomic E-state index is 3.36. The van der Waals surface area contributed by atoms with Crippen molar-refractivity contribution in [3.8, 4) is 0 Å². The Morgan fingerprint density at radius 2 is 1.18 bits per heavy atom. The average molecular weight is 383 g/mol. The second-order valence-electron chi connectivity index (χ2n) is 8.85. The van der Waals surface area contributed by atoms with E-state index in [9.17, 15) is 0 Å². The molecule has 0 aliphatic carbocycles. The Labute approximate surface area is 174 Å². The number of aryl methyl sites for hydroxylation is 1. The molecule has 0 spiro atoms. The second kappa shape index (κ2) is 14.2. The largest absolute Gasteiger partial charge is 0.385 e. The molecule has 2 heterocycles. The van der Waals surface area contributed by atoms with Crippen LogP contribution in [0.25, 0.3) is 0 Å². The minimum atomic E-state index is 0.833. The first kappa shape index (κ1) is 24.2. The SMILES string of the molecule is CC(C)C.CC(C)C.c1ccc2c(c1)CCCN2.c1ccc2c(c1)CCNC2. The topological polar surface area (TPSA) is 24.1 Å². The lowest BCUT2D eigenvalue weighted by Crippen LogP contribution is -2.23. The number of anilines is 1. The van der Waals surface area contributed by atoms with Gasteiger partial charge in [-0.2, -0.15) is 0 Å². The monoisotopic (exact) mass is 382 g/mol. The molecule has 2 heteroatoms. The Bertz CT molecular complexity index is 533. The summed E-state index contributed by atoms with van der Waals surface area (Å²) in [6.07, 6.45) is 3.70. The highest BCUT2D eigenvalue weighted by Gasteiger charge is 2.05. The van der Waals surface area contributed by atoms with Crippen molar-refractivity contribution in [1.29, 1.82) is 0 Å². The minimum Gasteiger partial charge on any atom is -0.385 e. The van der Waals surface area contributed by atoms with E-state index in [1.807, 2.05) is 0 Å². The molecule has 0 saturated heterocycles. The zero-order valence-corrected chi connectivity index (χ0v) is 19.0. The van der Waals surface area contributed by atoms with Gasteiger partial charge in [0.1, 0.15) is 0 Å². The Morgan fingerprint density at radius 3 is 1.75 bits per heavy atom. The van der Waals surface area contributed by atoms with E-state index >= 15 is 0 Å². The van der Waals surface area contributed by atoms with Gasteiger partial charge in [-0.1, -0.05) is 84.0 Å². The van der Waals surface area contributed by atoms with Crippen molar-refractivity contribution in [2.24, 2.45) is 11.8 Å². The molecule has 0 radical (unpaired) electrons. The molecule has 0 saturated carbocycles. The van der Waals surface area contributed by atoms with Gasteiger partial charge < -0.3 is 10.6 Å². The van der Waals surface area contributed by atoms with Crippen LogP contribution < -0.4 is 10.6 Å². The molecule has 2 aliphatic rings. The molecule has 0 bridgehead atoms. The highest BCUT2D eigenvalue weighted by molar-refractivity contribution is 5.52. The van der Waals surface area contributed by atoms with Gasteiger partial charge in [0, 0.05) is 18.8 Å². The molecular weight excluding hydrogens is 340 g/mol. The van der Waals surface area contributed by atoms with E-state index in [1.165, 1.54) is 41.6 Å². The van der Waals surface area contributed by atoms with Gasteiger partial charge in [0.05, 0.1) is 0 Å². The van der Waals surface area contributed by atoms with Crippen LogP contribution in [0.2, 0.25) is 0 Å². The van der Waals surface area contributed by atoms with Crippen molar-refractivity contribution in [3.63, 3.8) is 0 Å². The number of hydrogen-bond acceptors (Lipinski definition) is 2. The van der Waals surface area contributed by atoms with Crippen LogP contribution in [0, 0.1) is 11.8 Å². The molecule has 2 aromatic carbocycles. The molecule has 2 aliphatic heterocycles. The Kier molecular flexibility index (Phi) is 12.3. The van der Waals surface area contributed by atoms with Gasteiger partial charge in [-0.15, -0.1) is 0 Å². The van der Waals surface area contributed by atoms with Crippen LogP contribution in [-0.4, -0.2) is 13.1 Å². The highest BCUT2D eigenvalue weighted by Crippen LogP contribution is 2.20. The first-order valence-corrected chi connectivity index (χ1v) is 11.0. The summed E-state index contributed by atoms with van der Waals surface area (Å²) in [5, 5.41) is 6.70. The fourth-order valence-electron chi connectivity index (χ4n) is 2.83. The molecule has 0 unspecified atom stereocenters. The quantitative estimate of drug-likeness (QED) is 0.529. The summed E-state index contributed by atoms with van der Waals surface area (Å²) in [5.74, 6) is 1.67. The first-order valence-electron chi connectivity index (χ1n) is 11.0. The predicted octanol–water partition coefficient (Wildman–Crippen LogP) is 6.70. The van der Waals surface area contributed by atoms with Crippen LogP contribution in [0.15, 0.2) is 48.5 Å². The summed E-state index contributed by atoms with van der Waals surface area (Å²) in [6.45, 7) is 16.3. The van der Waals surface area contributed by atoms with Crippen molar-refractivity contribution in [2.75, 3.05) is 18.4 Å². The highest BCUT2D eigenvalue weighted by atomic mass is 14.9. The molecule has 0 atom stereocenters. The minimum absolute atomic E-state index is 0.833. The van der Waals surface area contributed by atoms with E-state index in [1.54, 1.807) is 0 Å². The number of benzene rings is 2. The first-order chi connectivity index (χ1) is 13.4. The average Bonchev–Trinajstić information content (AvgIpc) is 2.68. The van der Waals surface area contributed by atoms with Gasteiger partial charge >= 0.3 is 0 Å². The number of para-hydroxylation sites is 1. The van der Waals surface area contributed by atoms with Crippen molar-refractivity contribution >= 4 is 5.69 Å². The zero-order valence-electron chi connectivity index (χ0n) is 19.0. The predicted molar refractivity (Wildman–Crippen MR) is 126 cm³/mol. The number of hydrogen-bond donors (Lipinski definition) is 2. The summed E-state index contributed by atoms with van der Waals surface area (Å²) in [4.78, 5) is 0. The fourth-order valence-corrected chi connectivity index (χ4v) is 2.83. The van der Waals surface area contributed by atoms with E-state index < -0.39 is 0 Å². The third-order valence-corrected chi connectivity index (χ3v) is 3.96. The summed E-state index contributed by atoms with van der Waals surface area (Å²) in [5.41, 5.74) is 5.78. The molecular formula is C26H42N2. The maximum atomic E-state index is 3.36. The van der Waals surface area contributed by atoms with Crippen LogP contribution in [0.1, 0.15) is 64.7 Å². The fraction of sp³-hybridized carbons (Fsp3) is 0.538. The number of fused-ring (bicyclic) bond motifs is 2. The molecule has 2 aromatic rings. The van der Waals surface area contributed by atoms with Crippen molar-refractivity contribution in [1.82, 2.24) is 5.32 Å². The van der Waals surface area contributed by atoms with Gasteiger partial charge in [-0.05, 0) is 60.4 Å². The Balaban J connectivity index is 0.000000206. The molecule has 156 valence electrons. The van der Waals surface area contributed by atoms with E-state index in [0.29, 0.717) is 0 Å². The van der Waals surface area contributed by atoms with Crippen molar-refractivity contribution < 1.29 is 0 Å². The van der Waals surface area contributed by atoms with Crippen molar-refractivity contribution in [2.45, 2.75) is 67.3 Å². The molecule has 0 fully saturated rings. The normalized spacial score (nSPS) is 14.0. The van der Waals surface area contributed by atoms with Gasteiger partial charge in [0.2, 0.25) is 0 Å². The lowest BCUT2D eigenvalue weighted by Gasteiger charge is -2.16. The van der Waals surface area contributed by atoms with Crippen LogP contribution in [-0.2, 0) is 19.4 Å². The third-order valence-electron chi connectivity index (χ3n) is 3.96. The van der Waals surface area contributed by atoms with Crippen molar-refractivity contribution in [3.05, 3.63) is 65.2 Å². The maximum Gasteiger partial charge on any atom is 0.0372 e. The summed E-state index contributed by atoms with van der Waals surface area (Å²) >= 11 is 0. The lowest BCUT2D eigenvalue weighted by molar-refractivity contribution is 0.644. The lowest BCUT2D eigenvalue weighted by atomic mass is 10.0. The molecule has 2 N–H and O–H groups in total. The zero-order chi connectivity index (χ0) is 20.8. The molecule has 4 rings (SSSR count). The standard InChI is InChI=1S/2C9H11N.2C4H10/c1-2-6-9-8(4-1)5-3-7-10-9;1-2-4-9-7-10-6-5-8(9)3-1;2*1-4(2)3/h1-2,4,6,10H,3,5,7H2;1-4,10H,5-7H2;2*4H,1-3H3. The van der Waals surface area contributed by atoms with E-state index in [-0.39, 0.29) is 0 Å². The van der Waals surface area contributed by atoms with Crippen LogP contribution in [0.4, 0.5) is 5.69 Å². The Morgan fingerprint density at radius 1 is 0.643 bits per heavy atom. The van der Waals surface area contributed by atoms with E-state index in [0.717, 1.165) is 31.5 Å². The van der Waals surface area contributed by atoms with Gasteiger partial charge in [0.25, 0.3) is 0 Å². The molecule has 0 amide bonds. The number of nitrogens with one attached hydrogen (secondary N) is 2. The van der Waals surface area contributed by atoms with E-state index in [2.05, 4.69) is 101 Å². The van der Waals surface area contributed by atoms with Gasteiger partial charge in [-0.3, -0.25) is 0 Å². The third kappa shape index (κ3) is 11.1. The smallest absolute Gasteiger partial charge is 0.0372 e. The molecule has 2 nitrogen and oxygen atoms in total.